The van der Waals surface area contributed by atoms with E-state index in [0.29, 0.717) is 6.04 Å². The number of nitrogens with two attached hydrogens (primary N) is 1. The topological polar surface area (TPSA) is 83.3 Å². The second kappa shape index (κ2) is 7.56. The lowest BCUT2D eigenvalue weighted by Gasteiger charge is -2.33. The fraction of sp³-hybridized carbons (Fsp3) is 0.429. The molecule has 6 heteroatoms. The standard InChI is InChI=1S/C21H27N5O/c1-14-13-26(10-9-23-14)21-12-19(17-3-2-4-18(17)25-21)24-16-7-5-15(6-8-16)11-20(22)27/h5-8,12,14,23H,2-4,9-11,13H2,1H3,(H2,22,27)(H,24,25). The molecule has 1 aliphatic carbocycles. The van der Waals surface area contributed by atoms with Crippen LogP contribution in [-0.4, -0.2) is 36.6 Å². The highest BCUT2D eigenvalue weighted by molar-refractivity contribution is 5.77. The van der Waals surface area contributed by atoms with Gasteiger partial charge in [-0.15, -0.1) is 0 Å². The zero-order chi connectivity index (χ0) is 18.8. The van der Waals surface area contributed by atoms with Gasteiger partial charge in [-0.3, -0.25) is 4.79 Å². The van der Waals surface area contributed by atoms with Crippen molar-refractivity contribution in [2.24, 2.45) is 5.73 Å². The van der Waals surface area contributed by atoms with Crippen molar-refractivity contribution in [1.82, 2.24) is 10.3 Å². The average molecular weight is 365 g/mol. The minimum Gasteiger partial charge on any atom is -0.369 e. The predicted molar refractivity (Wildman–Crippen MR) is 109 cm³/mol. The summed E-state index contributed by atoms with van der Waals surface area (Å²) in [7, 11) is 0. The quantitative estimate of drug-likeness (QED) is 0.756. The summed E-state index contributed by atoms with van der Waals surface area (Å²) in [5.41, 5.74) is 10.9. The third kappa shape index (κ3) is 4.06. The van der Waals surface area contributed by atoms with E-state index >= 15 is 0 Å². The number of fused-ring (bicyclic) bond motifs is 1. The molecule has 1 aromatic heterocycles. The molecule has 2 aliphatic rings. The van der Waals surface area contributed by atoms with Crippen molar-refractivity contribution in [3.8, 4) is 0 Å². The van der Waals surface area contributed by atoms with Crippen LogP contribution < -0.4 is 21.3 Å². The highest BCUT2D eigenvalue weighted by Gasteiger charge is 2.22. The normalized spacial score (nSPS) is 19.0. The van der Waals surface area contributed by atoms with Crippen molar-refractivity contribution >= 4 is 23.1 Å². The molecule has 0 saturated carbocycles. The van der Waals surface area contributed by atoms with E-state index in [1.54, 1.807) is 0 Å². The number of rotatable bonds is 5. The summed E-state index contributed by atoms with van der Waals surface area (Å²) < 4.78 is 0. The summed E-state index contributed by atoms with van der Waals surface area (Å²) in [5.74, 6) is 0.759. The van der Waals surface area contributed by atoms with Gasteiger partial charge >= 0.3 is 0 Å². The molecule has 0 radical (unpaired) electrons. The molecule has 1 atom stereocenters. The number of carbonyl (C=O) groups excluding carboxylic acids is 1. The van der Waals surface area contributed by atoms with Gasteiger partial charge < -0.3 is 21.3 Å². The lowest BCUT2D eigenvalue weighted by atomic mass is 10.1. The Morgan fingerprint density at radius 3 is 2.89 bits per heavy atom. The molecular formula is C21H27N5O. The molecule has 0 bridgehead atoms. The number of pyridine rings is 1. The van der Waals surface area contributed by atoms with Gasteiger partial charge in [-0.25, -0.2) is 4.98 Å². The zero-order valence-corrected chi connectivity index (χ0v) is 15.8. The van der Waals surface area contributed by atoms with E-state index in [-0.39, 0.29) is 12.3 Å². The lowest BCUT2D eigenvalue weighted by molar-refractivity contribution is -0.117. The van der Waals surface area contributed by atoms with Crippen molar-refractivity contribution in [2.75, 3.05) is 29.9 Å². The molecule has 1 aliphatic heterocycles. The van der Waals surface area contributed by atoms with E-state index in [1.807, 2.05) is 24.3 Å². The SMILES string of the molecule is CC1CN(c2cc(Nc3ccc(CC(N)=O)cc3)c3c(n2)CCC3)CCN1. The van der Waals surface area contributed by atoms with E-state index in [2.05, 4.69) is 28.5 Å². The van der Waals surface area contributed by atoms with Gasteiger partial charge in [0.1, 0.15) is 5.82 Å². The second-order valence-corrected chi connectivity index (χ2v) is 7.57. The van der Waals surface area contributed by atoms with Crippen molar-refractivity contribution in [3.63, 3.8) is 0 Å². The molecule has 0 spiro atoms. The lowest BCUT2D eigenvalue weighted by Crippen LogP contribution is -2.49. The van der Waals surface area contributed by atoms with Crippen LogP contribution in [0.2, 0.25) is 0 Å². The molecular weight excluding hydrogens is 338 g/mol. The number of piperazine rings is 1. The first-order chi connectivity index (χ1) is 13.1. The summed E-state index contributed by atoms with van der Waals surface area (Å²) >= 11 is 0. The van der Waals surface area contributed by atoms with Crippen molar-refractivity contribution in [1.29, 1.82) is 0 Å². The van der Waals surface area contributed by atoms with Gasteiger partial charge in [-0.05, 0) is 49.4 Å². The van der Waals surface area contributed by atoms with E-state index < -0.39 is 0 Å². The van der Waals surface area contributed by atoms with Gasteiger partial charge in [-0.2, -0.15) is 0 Å². The van der Waals surface area contributed by atoms with Crippen molar-refractivity contribution in [3.05, 3.63) is 47.2 Å². The molecule has 4 N–H and O–H groups in total. The number of anilines is 3. The van der Waals surface area contributed by atoms with Crippen LogP contribution >= 0.6 is 0 Å². The number of carbonyl (C=O) groups is 1. The van der Waals surface area contributed by atoms with Crippen molar-refractivity contribution < 1.29 is 4.79 Å². The Hall–Kier alpha value is -2.60. The van der Waals surface area contributed by atoms with E-state index in [9.17, 15) is 4.79 Å². The Kier molecular flexibility index (Phi) is 4.99. The number of primary amides is 1. The molecule has 6 nitrogen and oxygen atoms in total. The third-order valence-corrected chi connectivity index (χ3v) is 5.34. The molecule has 2 heterocycles. The Morgan fingerprint density at radius 1 is 1.33 bits per heavy atom. The number of amides is 1. The summed E-state index contributed by atoms with van der Waals surface area (Å²) in [6.45, 7) is 5.17. The fourth-order valence-corrected chi connectivity index (χ4v) is 4.00. The van der Waals surface area contributed by atoms with Crippen molar-refractivity contribution in [2.45, 2.75) is 38.6 Å². The summed E-state index contributed by atoms with van der Waals surface area (Å²) in [6.07, 6.45) is 3.56. The van der Waals surface area contributed by atoms with Crippen LogP contribution in [0.15, 0.2) is 30.3 Å². The van der Waals surface area contributed by atoms with Crippen LogP contribution in [0.25, 0.3) is 0 Å². The first kappa shape index (κ1) is 17.8. The second-order valence-electron chi connectivity index (χ2n) is 7.57. The van der Waals surface area contributed by atoms with E-state index in [0.717, 1.165) is 61.7 Å². The largest absolute Gasteiger partial charge is 0.369 e. The highest BCUT2D eigenvalue weighted by Crippen LogP contribution is 2.33. The minimum atomic E-state index is -0.308. The molecule has 1 amide bonds. The van der Waals surface area contributed by atoms with E-state index in [1.165, 1.54) is 11.3 Å². The van der Waals surface area contributed by atoms with Gasteiger partial charge in [0.25, 0.3) is 0 Å². The Bertz CT molecular complexity index is 833. The zero-order valence-electron chi connectivity index (χ0n) is 15.8. The first-order valence-corrected chi connectivity index (χ1v) is 9.74. The number of aryl methyl sites for hydroxylation is 1. The number of aromatic nitrogens is 1. The van der Waals surface area contributed by atoms with Gasteiger partial charge in [0.05, 0.1) is 6.42 Å². The maximum Gasteiger partial charge on any atom is 0.221 e. The minimum absolute atomic E-state index is 0.274. The van der Waals surface area contributed by atoms with Crippen LogP contribution in [0.5, 0.6) is 0 Å². The summed E-state index contributed by atoms with van der Waals surface area (Å²) in [4.78, 5) is 18.4. The van der Waals surface area contributed by atoms with Crippen LogP contribution in [0, 0.1) is 0 Å². The van der Waals surface area contributed by atoms with Crippen LogP contribution in [0.3, 0.4) is 0 Å². The highest BCUT2D eigenvalue weighted by atomic mass is 16.1. The molecule has 2 aromatic rings. The van der Waals surface area contributed by atoms with Crippen LogP contribution in [0.1, 0.15) is 30.2 Å². The third-order valence-electron chi connectivity index (χ3n) is 5.34. The number of hydrogen-bond donors (Lipinski definition) is 3. The van der Waals surface area contributed by atoms with Crippen LogP contribution in [-0.2, 0) is 24.1 Å². The Labute approximate surface area is 160 Å². The number of hydrogen-bond acceptors (Lipinski definition) is 5. The van der Waals surface area contributed by atoms with Gasteiger partial charge in [0.15, 0.2) is 0 Å². The smallest absolute Gasteiger partial charge is 0.221 e. The van der Waals surface area contributed by atoms with Crippen LogP contribution in [0.4, 0.5) is 17.2 Å². The monoisotopic (exact) mass is 365 g/mol. The number of benzene rings is 1. The Balaban J connectivity index is 1.59. The number of nitrogens with zero attached hydrogens (tertiary/aromatic N) is 2. The predicted octanol–water partition coefficient (Wildman–Crippen LogP) is 2.14. The fourth-order valence-electron chi connectivity index (χ4n) is 4.00. The summed E-state index contributed by atoms with van der Waals surface area (Å²) in [6, 6.07) is 10.6. The first-order valence-electron chi connectivity index (χ1n) is 9.74. The molecule has 1 fully saturated rings. The van der Waals surface area contributed by atoms with E-state index in [4.69, 9.17) is 10.7 Å². The maximum atomic E-state index is 11.1. The molecule has 142 valence electrons. The molecule has 1 saturated heterocycles. The molecule has 27 heavy (non-hydrogen) atoms. The molecule has 1 unspecified atom stereocenters. The molecule has 4 rings (SSSR count). The van der Waals surface area contributed by atoms with Gasteiger partial charge in [-0.1, -0.05) is 12.1 Å². The number of nitrogens with one attached hydrogen (secondary N) is 2. The van der Waals surface area contributed by atoms with Gasteiger partial charge in [0, 0.05) is 48.8 Å². The Morgan fingerprint density at radius 2 is 2.15 bits per heavy atom. The average Bonchev–Trinajstić information content (AvgIpc) is 3.12. The summed E-state index contributed by atoms with van der Waals surface area (Å²) in [5, 5.41) is 7.07. The maximum absolute atomic E-state index is 11.1. The molecule has 1 aromatic carbocycles. The van der Waals surface area contributed by atoms with Gasteiger partial charge in [0.2, 0.25) is 5.91 Å².